The minimum absolute atomic E-state index is 0.0788. The Kier molecular flexibility index (Phi) is 4.96. The fourth-order valence-electron chi connectivity index (χ4n) is 1.40. The zero-order valence-electron chi connectivity index (χ0n) is 10.5. The summed E-state index contributed by atoms with van der Waals surface area (Å²) in [5.41, 5.74) is 1.81. The summed E-state index contributed by atoms with van der Waals surface area (Å²) >= 11 is 0. The second-order valence-electron chi connectivity index (χ2n) is 4.30. The highest BCUT2D eigenvalue weighted by Gasteiger charge is 2.09. The third-order valence-electron chi connectivity index (χ3n) is 2.47. The molecule has 0 aliphatic rings. The van der Waals surface area contributed by atoms with E-state index >= 15 is 0 Å². The molecule has 2 N–H and O–H groups in total. The SMILES string of the molecule is CNCCS(=O)(=O)Nc1ccc(C(C)C)cc1. The highest BCUT2D eigenvalue weighted by molar-refractivity contribution is 7.92. The summed E-state index contributed by atoms with van der Waals surface area (Å²) in [7, 11) is -1.51. The summed E-state index contributed by atoms with van der Waals surface area (Å²) in [5.74, 6) is 0.528. The van der Waals surface area contributed by atoms with E-state index in [0.29, 0.717) is 18.2 Å². The van der Waals surface area contributed by atoms with E-state index in [1.165, 1.54) is 5.56 Å². The number of benzene rings is 1. The van der Waals surface area contributed by atoms with Crippen LogP contribution in [-0.2, 0) is 10.0 Å². The van der Waals surface area contributed by atoms with Gasteiger partial charge in [0.15, 0.2) is 0 Å². The lowest BCUT2D eigenvalue weighted by molar-refractivity contribution is 0.599. The Bertz CT molecular complexity index is 438. The molecule has 0 heterocycles. The van der Waals surface area contributed by atoms with Crippen molar-refractivity contribution in [3.8, 4) is 0 Å². The van der Waals surface area contributed by atoms with Crippen molar-refractivity contribution in [1.29, 1.82) is 0 Å². The Morgan fingerprint density at radius 1 is 1.18 bits per heavy atom. The van der Waals surface area contributed by atoms with Crippen LogP contribution in [0.25, 0.3) is 0 Å². The van der Waals surface area contributed by atoms with Crippen LogP contribution in [0.4, 0.5) is 5.69 Å². The molecule has 4 nitrogen and oxygen atoms in total. The molecule has 96 valence electrons. The molecule has 0 aliphatic carbocycles. The first-order valence-electron chi connectivity index (χ1n) is 5.69. The molecule has 5 heteroatoms. The van der Waals surface area contributed by atoms with Crippen LogP contribution in [0.5, 0.6) is 0 Å². The Morgan fingerprint density at radius 2 is 1.76 bits per heavy atom. The quantitative estimate of drug-likeness (QED) is 0.815. The highest BCUT2D eigenvalue weighted by Crippen LogP contribution is 2.17. The van der Waals surface area contributed by atoms with Gasteiger partial charge in [-0.25, -0.2) is 8.42 Å². The summed E-state index contributed by atoms with van der Waals surface area (Å²) < 4.78 is 25.8. The van der Waals surface area contributed by atoms with Crippen molar-refractivity contribution >= 4 is 15.7 Å². The summed E-state index contributed by atoms with van der Waals surface area (Å²) in [6, 6.07) is 7.49. The van der Waals surface area contributed by atoms with Gasteiger partial charge in [-0.05, 0) is 30.7 Å². The van der Waals surface area contributed by atoms with Gasteiger partial charge in [0.1, 0.15) is 0 Å². The summed E-state index contributed by atoms with van der Waals surface area (Å²) in [5, 5.41) is 2.81. The van der Waals surface area contributed by atoms with Gasteiger partial charge in [-0.3, -0.25) is 4.72 Å². The Labute approximate surface area is 103 Å². The molecule has 0 aliphatic heterocycles. The standard InChI is InChI=1S/C12H20N2O2S/c1-10(2)11-4-6-12(7-5-11)14-17(15,16)9-8-13-3/h4-7,10,13-14H,8-9H2,1-3H3. The maximum atomic E-state index is 11.6. The molecule has 0 aromatic heterocycles. The van der Waals surface area contributed by atoms with Gasteiger partial charge in [0.25, 0.3) is 0 Å². The molecule has 1 rings (SSSR count). The van der Waals surface area contributed by atoms with Crippen molar-refractivity contribution in [2.24, 2.45) is 0 Å². The van der Waals surface area contributed by atoms with Crippen LogP contribution in [0.3, 0.4) is 0 Å². The van der Waals surface area contributed by atoms with Crippen LogP contribution in [0.1, 0.15) is 25.3 Å². The highest BCUT2D eigenvalue weighted by atomic mass is 32.2. The third kappa shape index (κ3) is 4.75. The normalized spacial score (nSPS) is 11.8. The van der Waals surface area contributed by atoms with Gasteiger partial charge >= 0.3 is 0 Å². The van der Waals surface area contributed by atoms with E-state index in [9.17, 15) is 8.42 Å². The molecule has 0 unspecified atom stereocenters. The van der Waals surface area contributed by atoms with Crippen LogP contribution < -0.4 is 10.0 Å². The average molecular weight is 256 g/mol. The van der Waals surface area contributed by atoms with Crippen molar-refractivity contribution in [3.63, 3.8) is 0 Å². The van der Waals surface area contributed by atoms with E-state index in [-0.39, 0.29) is 5.75 Å². The molecule has 0 radical (unpaired) electrons. The molecule has 1 aromatic rings. The van der Waals surface area contributed by atoms with Gasteiger partial charge in [-0.15, -0.1) is 0 Å². The lowest BCUT2D eigenvalue weighted by Crippen LogP contribution is -2.24. The van der Waals surface area contributed by atoms with E-state index in [2.05, 4.69) is 23.9 Å². The van der Waals surface area contributed by atoms with Gasteiger partial charge < -0.3 is 5.32 Å². The summed E-state index contributed by atoms with van der Waals surface area (Å²) in [6.07, 6.45) is 0. The first kappa shape index (κ1) is 14.0. The molecule has 0 saturated heterocycles. The van der Waals surface area contributed by atoms with Crippen LogP contribution in [0.15, 0.2) is 24.3 Å². The smallest absolute Gasteiger partial charge is 0.233 e. The van der Waals surface area contributed by atoms with E-state index in [1.54, 1.807) is 19.2 Å². The number of anilines is 1. The number of sulfonamides is 1. The second-order valence-corrected chi connectivity index (χ2v) is 6.14. The van der Waals surface area contributed by atoms with Gasteiger partial charge in [0.2, 0.25) is 10.0 Å². The number of nitrogens with one attached hydrogen (secondary N) is 2. The third-order valence-corrected chi connectivity index (χ3v) is 3.76. The van der Waals surface area contributed by atoms with E-state index in [4.69, 9.17) is 0 Å². The fraction of sp³-hybridized carbons (Fsp3) is 0.500. The van der Waals surface area contributed by atoms with Gasteiger partial charge in [0, 0.05) is 12.2 Å². The minimum atomic E-state index is -3.24. The van der Waals surface area contributed by atoms with E-state index < -0.39 is 10.0 Å². The number of rotatable bonds is 6. The molecular weight excluding hydrogens is 236 g/mol. The van der Waals surface area contributed by atoms with Gasteiger partial charge in [0.05, 0.1) is 5.75 Å². The summed E-state index contributed by atoms with van der Waals surface area (Å²) in [4.78, 5) is 0. The van der Waals surface area contributed by atoms with Crippen LogP contribution >= 0.6 is 0 Å². The Morgan fingerprint density at radius 3 is 2.24 bits per heavy atom. The second kappa shape index (κ2) is 6.02. The first-order chi connectivity index (χ1) is 7.94. The van der Waals surface area contributed by atoms with Crippen molar-refractivity contribution in [2.45, 2.75) is 19.8 Å². The van der Waals surface area contributed by atoms with Crippen LogP contribution in [0, 0.1) is 0 Å². The predicted molar refractivity (Wildman–Crippen MR) is 71.9 cm³/mol. The average Bonchev–Trinajstić information content (AvgIpc) is 2.26. The zero-order chi connectivity index (χ0) is 12.9. The maximum Gasteiger partial charge on any atom is 0.233 e. The van der Waals surface area contributed by atoms with E-state index in [1.807, 2.05) is 12.1 Å². The monoisotopic (exact) mass is 256 g/mol. The molecule has 0 spiro atoms. The Hall–Kier alpha value is -1.07. The molecular formula is C12H20N2O2S. The van der Waals surface area contributed by atoms with Gasteiger partial charge in [-0.2, -0.15) is 0 Å². The molecule has 0 saturated carbocycles. The number of hydrogen-bond donors (Lipinski definition) is 2. The van der Waals surface area contributed by atoms with Crippen molar-refractivity contribution in [3.05, 3.63) is 29.8 Å². The first-order valence-corrected chi connectivity index (χ1v) is 7.35. The fourth-order valence-corrected chi connectivity index (χ4v) is 2.47. The zero-order valence-corrected chi connectivity index (χ0v) is 11.3. The maximum absolute atomic E-state index is 11.6. The predicted octanol–water partition coefficient (Wildman–Crippen LogP) is 1.77. The Balaban J connectivity index is 2.69. The molecule has 17 heavy (non-hydrogen) atoms. The minimum Gasteiger partial charge on any atom is -0.319 e. The topological polar surface area (TPSA) is 58.2 Å². The van der Waals surface area contributed by atoms with Crippen molar-refractivity contribution in [1.82, 2.24) is 5.32 Å². The lowest BCUT2D eigenvalue weighted by atomic mass is 10.0. The summed E-state index contributed by atoms with van der Waals surface area (Å²) in [6.45, 7) is 4.65. The van der Waals surface area contributed by atoms with Crippen LogP contribution in [-0.4, -0.2) is 27.8 Å². The molecule has 0 fully saturated rings. The molecule has 1 aromatic carbocycles. The lowest BCUT2D eigenvalue weighted by Gasteiger charge is -2.09. The van der Waals surface area contributed by atoms with Crippen molar-refractivity contribution < 1.29 is 8.42 Å². The number of hydrogen-bond acceptors (Lipinski definition) is 3. The largest absolute Gasteiger partial charge is 0.319 e. The molecule has 0 bridgehead atoms. The van der Waals surface area contributed by atoms with Gasteiger partial charge in [-0.1, -0.05) is 26.0 Å². The van der Waals surface area contributed by atoms with E-state index in [0.717, 1.165) is 0 Å². The molecule has 0 amide bonds. The van der Waals surface area contributed by atoms with Crippen LogP contribution in [0.2, 0.25) is 0 Å². The van der Waals surface area contributed by atoms with Crippen molar-refractivity contribution in [2.75, 3.05) is 24.1 Å². The molecule has 0 atom stereocenters.